The van der Waals surface area contributed by atoms with E-state index in [1.165, 1.54) is 6.92 Å². The molecule has 0 radical (unpaired) electrons. The van der Waals surface area contributed by atoms with Gasteiger partial charge in [-0.15, -0.1) is 0 Å². The monoisotopic (exact) mass is 465 g/mol. The number of amides is 3. The average Bonchev–Trinajstić information content (AvgIpc) is 2.88. The number of nitrogens with one attached hydrogen (secondary N) is 1. The molecule has 34 heavy (non-hydrogen) atoms. The van der Waals surface area contributed by atoms with Crippen molar-refractivity contribution < 1.29 is 19.1 Å². The van der Waals surface area contributed by atoms with E-state index in [-0.39, 0.29) is 30.2 Å². The highest BCUT2D eigenvalue weighted by Gasteiger charge is 2.26. The Hall–Kier alpha value is -3.19. The fourth-order valence-corrected chi connectivity index (χ4v) is 4.23. The molecule has 0 bridgehead atoms. The fraction of sp³-hybridized carbons (Fsp3) is 0.444. The summed E-state index contributed by atoms with van der Waals surface area (Å²) in [7, 11) is 0. The predicted octanol–water partition coefficient (Wildman–Crippen LogP) is 3.31. The number of hydrogen-bond acceptors (Lipinski definition) is 4. The van der Waals surface area contributed by atoms with Crippen molar-refractivity contribution in [3.8, 4) is 0 Å². The highest BCUT2D eigenvalue weighted by molar-refractivity contribution is 5.79. The van der Waals surface area contributed by atoms with Crippen molar-refractivity contribution in [2.75, 3.05) is 32.8 Å². The zero-order chi connectivity index (χ0) is 24.2. The van der Waals surface area contributed by atoms with E-state index >= 15 is 0 Å². The summed E-state index contributed by atoms with van der Waals surface area (Å²) in [5, 5.41) is 2.92. The molecule has 1 heterocycles. The first-order chi connectivity index (χ1) is 16.5. The molecule has 1 fully saturated rings. The first kappa shape index (κ1) is 25.4. The molecular formula is C27H35N3O4. The van der Waals surface area contributed by atoms with Crippen LogP contribution in [0.1, 0.15) is 49.8 Å². The largest absolute Gasteiger partial charge is 0.377 e. The Balaban J connectivity index is 1.54. The smallest absolute Gasteiger partial charge is 0.222 e. The second-order valence-electron chi connectivity index (χ2n) is 8.57. The lowest BCUT2D eigenvalue weighted by Crippen LogP contribution is -2.39. The van der Waals surface area contributed by atoms with Gasteiger partial charge < -0.3 is 19.9 Å². The number of rotatable bonds is 7. The minimum atomic E-state index is -0.317. The normalized spacial score (nSPS) is 17.6. The average molecular weight is 466 g/mol. The van der Waals surface area contributed by atoms with Crippen molar-refractivity contribution in [1.29, 1.82) is 0 Å². The Morgan fingerprint density at radius 3 is 2.41 bits per heavy atom. The van der Waals surface area contributed by atoms with E-state index in [2.05, 4.69) is 5.32 Å². The molecule has 0 saturated carbocycles. The third kappa shape index (κ3) is 7.99. The lowest BCUT2D eigenvalue weighted by atomic mass is 10.0. The van der Waals surface area contributed by atoms with Gasteiger partial charge in [0.05, 0.1) is 19.1 Å². The molecule has 7 heteroatoms. The van der Waals surface area contributed by atoms with Crippen LogP contribution < -0.4 is 5.32 Å². The Kier molecular flexibility index (Phi) is 10.1. The first-order valence-electron chi connectivity index (χ1n) is 12.0. The molecule has 1 N–H and O–H groups in total. The van der Waals surface area contributed by atoms with Gasteiger partial charge in [-0.05, 0) is 24.0 Å². The second-order valence-corrected chi connectivity index (χ2v) is 8.57. The van der Waals surface area contributed by atoms with Crippen LogP contribution in [0.15, 0.2) is 60.7 Å². The number of carbonyl (C=O) groups is 3. The highest BCUT2D eigenvalue weighted by atomic mass is 16.5. The summed E-state index contributed by atoms with van der Waals surface area (Å²) in [6, 6.07) is 19.3. The number of nitrogens with zero attached hydrogens (tertiary/aromatic N) is 2. The first-order valence-corrected chi connectivity index (χ1v) is 12.0. The topological polar surface area (TPSA) is 79.0 Å². The van der Waals surface area contributed by atoms with Gasteiger partial charge in [0.1, 0.15) is 0 Å². The van der Waals surface area contributed by atoms with Crippen molar-refractivity contribution >= 4 is 17.7 Å². The van der Waals surface area contributed by atoms with Crippen molar-refractivity contribution in [2.45, 2.75) is 45.3 Å². The third-order valence-electron chi connectivity index (χ3n) is 6.02. The molecule has 3 amide bonds. The van der Waals surface area contributed by atoms with Gasteiger partial charge >= 0.3 is 0 Å². The summed E-state index contributed by atoms with van der Waals surface area (Å²) >= 11 is 0. The number of ether oxygens (including phenoxy) is 1. The van der Waals surface area contributed by atoms with Gasteiger partial charge in [-0.3, -0.25) is 14.4 Å². The van der Waals surface area contributed by atoms with E-state index in [0.717, 1.165) is 11.1 Å². The van der Waals surface area contributed by atoms with Crippen LogP contribution in [0.4, 0.5) is 0 Å². The van der Waals surface area contributed by atoms with Gasteiger partial charge in [0, 0.05) is 46.1 Å². The Morgan fingerprint density at radius 2 is 1.71 bits per heavy atom. The standard InChI is InChI=1S/C27H35N3O4/c1-22(31)30-17-9-16-29(27(33)14-8-19-34-21-23-10-4-2-5-11-23)18-15-28-26(32)20-25(30)24-12-6-3-7-13-24/h2-7,10-13,25H,8-9,14-21H2,1H3,(H,28,32). The minimum Gasteiger partial charge on any atom is -0.377 e. The second kappa shape index (κ2) is 13.5. The van der Waals surface area contributed by atoms with Gasteiger partial charge in [-0.2, -0.15) is 0 Å². The molecule has 0 aliphatic carbocycles. The number of carbonyl (C=O) groups excluding carboxylic acids is 3. The molecule has 2 aromatic rings. The lowest BCUT2D eigenvalue weighted by molar-refractivity contribution is -0.133. The van der Waals surface area contributed by atoms with Crippen LogP contribution in [-0.4, -0.2) is 60.3 Å². The van der Waals surface area contributed by atoms with Gasteiger partial charge in [-0.1, -0.05) is 60.7 Å². The molecule has 0 spiro atoms. The maximum Gasteiger partial charge on any atom is 0.222 e. The molecule has 182 valence electrons. The molecule has 3 rings (SSSR count). The van der Waals surface area contributed by atoms with Gasteiger partial charge in [0.25, 0.3) is 0 Å². The highest BCUT2D eigenvalue weighted by Crippen LogP contribution is 2.25. The van der Waals surface area contributed by atoms with Crippen LogP contribution in [0.2, 0.25) is 0 Å². The molecule has 1 saturated heterocycles. The Morgan fingerprint density at radius 1 is 1.00 bits per heavy atom. The lowest BCUT2D eigenvalue weighted by Gasteiger charge is -2.31. The van der Waals surface area contributed by atoms with E-state index in [4.69, 9.17) is 4.74 Å². The van der Waals surface area contributed by atoms with Crippen molar-refractivity contribution in [2.24, 2.45) is 0 Å². The Bertz CT molecular complexity index is 920. The quantitative estimate of drug-likeness (QED) is 0.637. The van der Waals surface area contributed by atoms with E-state index in [9.17, 15) is 14.4 Å². The van der Waals surface area contributed by atoms with Crippen molar-refractivity contribution in [3.63, 3.8) is 0 Å². The van der Waals surface area contributed by atoms with Crippen LogP contribution in [0.5, 0.6) is 0 Å². The molecular weight excluding hydrogens is 430 g/mol. The zero-order valence-electron chi connectivity index (χ0n) is 19.9. The predicted molar refractivity (Wildman–Crippen MR) is 131 cm³/mol. The number of benzene rings is 2. The summed E-state index contributed by atoms with van der Waals surface area (Å²) in [4.78, 5) is 41.5. The summed E-state index contributed by atoms with van der Waals surface area (Å²) in [6.07, 6.45) is 1.90. The van der Waals surface area contributed by atoms with Crippen LogP contribution in [0.3, 0.4) is 0 Å². The maximum atomic E-state index is 12.8. The van der Waals surface area contributed by atoms with Crippen molar-refractivity contribution in [1.82, 2.24) is 15.1 Å². The van der Waals surface area contributed by atoms with E-state index in [1.807, 2.05) is 60.7 Å². The summed E-state index contributed by atoms with van der Waals surface area (Å²) < 4.78 is 5.69. The SMILES string of the molecule is CC(=O)N1CCCN(C(=O)CCCOCc2ccccc2)CCNC(=O)CC1c1ccccc1. The molecule has 1 aliphatic heterocycles. The van der Waals surface area contributed by atoms with Crippen LogP contribution in [0, 0.1) is 0 Å². The fourth-order valence-electron chi connectivity index (χ4n) is 4.23. The van der Waals surface area contributed by atoms with E-state index < -0.39 is 0 Å². The molecule has 1 atom stereocenters. The number of hydrogen-bond donors (Lipinski definition) is 1. The summed E-state index contributed by atoms with van der Waals surface area (Å²) in [5.41, 5.74) is 2.05. The van der Waals surface area contributed by atoms with Crippen molar-refractivity contribution in [3.05, 3.63) is 71.8 Å². The van der Waals surface area contributed by atoms with E-state index in [0.29, 0.717) is 58.7 Å². The Labute approximate surface area is 202 Å². The van der Waals surface area contributed by atoms with Crippen LogP contribution in [0.25, 0.3) is 0 Å². The maximum absolute atomic E-state index is 12.8. The van der Waals surface area contributed by atoms with Crippen LogP contribution in [-0.2, 0) is 25.7 Å². The molecule has 2 aromatic carbocycles. The minimum absolute atomic E-state index is 0.0470. The molecule has 1 aliphatic rings. The summed E-state index contributed by atoms with van der Waals surface area (Å²) in [5.74, 6) is -0.149. The van der Waals surface area contributed by atoms with Crippen LogP contribution >= 0.6 is 0 Å². The van der Waals surface area contributed by atoms with E-state index in [1.54, 1.807) is 9.80 Å². The molecule has 7 nitrogen and oxygen atoms in total. The van der Waals surface area contributed by atoms with Gasteiger partial charge in [0.15, 0.2) is 0 Å². The van der Waals surface area contributed by atoms with Gasteiger partial charge in [0.2, 0.25) is 17.7 Å². The molecule has 0 aromatic heterocycles. The summed E-state index contributed by atoms with van der Waals surface area (Å²) in [6.45, 7) is 4.49. The zero-order valence-corrected chi connectivity index (χ0v) is 19.9. The third-order valence-corrected chi connectivity index (χ3v) is 6.02. The molecule has 1 unspecified atom stereocenters. The van der Waals surface area contributed by atoms with Gasteiger partial charge in [-0.25, -0.2) is 0 Å².